The summed E-state index contributed by atoms with van der Waals surface area (Å²) in [6, 6.07) is 3.54. The van der Waals surface area contributed by atoms with Crippen LogP contribution < -0.4 is 10.1 Å². The lowest BCUT2D eigenvalue weighted by Gasteiger charge is -2.10. The van der Waals surface area contributed by atoms with Crippen molar-refractivity contribution in [2.45, 2.75) is 24.0 Å². The van der Waals surface area contributed by atoms with Gasteiger partial charge in [-0.25, -0.2) is 13.4 Å². The molecule has 0 saturated carbocycles. The lowest BCUT2D eigenvalue weighted by molar-refractivity contribution is 0.364. The number of hydrogen-bond donors (Lipinski definition) is 2. The van der Waals surface area contributed by atoms with Crippen LogP contribution in [0.3, 0.4) is 0 Å². The van der Waals surface area contributed by atoms with Gasteiger partial charge in [0, 0.05) is 19.0 Å². The predicted molar refractivity (Wildman–Crippen MR) is 75.2 cm³/mol. The molecule has 18 heavy (non-hydrogen) atoms. The molecule has 1 rings (SSSR count). The summed E-state index contributed by atoms with van der Waals surface area (Å²) < 4.78 is 24.1. The summed E-state index contributed by atoms with van der Waals surface area (Å²) in [5, 5.41) is 4.73. The summed E-state index contributed by atoms with van der Waals surface area (Å²) in [6.07, 6.45) is 1.97. The van der Waals surface area contributed by atoms with Gasteiger partial charge in [0.15, 0.2) is 0 Å². The summed E-state index contributed by atoms with van der Waals surface area (Å²) in [5.74, 6) is 0. The predicted octanol–water partition coefficient (Wildman–Crippen LogP) is 1.05. The van der Waals surface area contributed by atoms with Gasteiger partial charge in [-0.1, -0.05) is 6.92 Å². The van der Waals surface area contributed by atoms with E-state index < -0.39 is 10.0 Å². The molecular weight excluding hydrogens is 270 g/mol. The SMILES string of the molecule is CCCNCCc1ccc(S(=O)(=O)NN(C)C)s1. The van der Waals surface area contributed by atoms with Gasteiger partial charge in [-0.05, 0) is 38.1 Å². The molecule has 5 nitrogen and oxygen atoms in total. The number of nitrogens with zero attached hydrogens (tertiary/aromatic N) is 1. The molecule has 0 spiro atoms. The number of thiophene rings is 1. The average Bonchev–Trinajstić information content (AvgIpc) is 2.72. The Kier molecular flexibility index (Phi) is 6.24. The summed E-state index contributed by atoms with van der Waals surface area (Å²) >= 11 is 1.32. The molecule has 0 atom stereocenters. The van der Waals surface area contributed by atoms with Crippen LogP contribution in [0.15, 0.2) is 16.3 Å². The second-order valence-corrected chi connectivity index (χ2v) is 7.27. The van der Waals surface area contributed by atoms with Crippen molar-refractivity contribution in [3.05, 3.63) is 17.0 Å². The topological polar surface area (TPSA) is 61.4 Å². The minimum absolute atomic E-state index is 0.363. The fourth-order valence-corrected chi connectivity index (χ4v) is 3.86. The average molecular weight is 291 g/mol. The molecule has 0 fully saturated rings. The number of hydrogen-bond acceptors (Lipinski definition) is 5. The van der Waals surface area contributed by atoms with Gasteiger partial charge in [0.25, 0.3) is 10.0 Å². The smallest absolute Gasteiger partial charge is 0.262 e. The second-order valence-electron chi connectivity index (χ2n) is 4.21. The highest BCUT2D eigenvalue weighted by molar-refractivity contribution is 7.91. The van der Waals surface area contributed by atoms with Gasteiger partial charge in [0.05, 0.1) is 0 Å². The van der Waals surface area contributed by atoms with Crippen LogP contribution in [0.5, 0.6) is 0 Å². The van der Waals surface area contributed by atoms with E-state index in [1.807, 2.05) is 6.07 Å². The largest absolute Gasteiger partial charge is 0.316 e. The van der Waals surface area contributed by atoms with Gasteiger partial charge in [-0.2, -0.15) is 0 Å². The zero-order valence-electron chi connectivity index (χ0n) is 11.1. The Balaban J connectivity index is 2.57. The maximum absolute atomic E-state index is 11.9. The van der Waals surface area contributed by atoms with Crippen LogP contribution in [0.2, 0.25) is 0 Å². The summed E-state index contributed by atoms with van der Waals surface area (Å²) in [5.41, 5.74) is 0. The molecule has 0 aromatic carbocycles. The fourth-order valence-electron chi connectivity index (χ4n) is 1.44. The number of hydrazine groups is 1. The first-order chi connectivity index (χ1) is 8.45. The van der Waals surface area contributed by atoms with Gasteiger partial charge in [0.1, 0.15) is 4.21 Å². The summed E-state index contributed by atoms with van der Waals surface area (Å²) in [7, 11) is -0.0929. The van der Waals surface area contributed by atoms with E-state index in [9.17, 15) is 8.42 Å². The Labute approximate surface area is 113 Å². The van der Waals surface area contributed by atoms with Crippen LogP contribution in [0.25, 0.3) is 0 Å². The maximum atomic E-state index is 11.9. The van der Waals surface area contributed by atoms with Crippen LogP contribution in [-0.4, -0.2) is 40.6 Å². The Morgan fingerprint density at radius 2 is 2.00 bits per heavy atom. The van der Waals surface area contributed by atoms with Crippen molar-refractivity contribution < 1.29 is 8.42 Å². The Morgan fingerprint density at radius 3 is 2.61 bits per heavy atom. The van der Waals surface area contributed by atoms with Crippen LogP contribution in [0.1, 0.15) is 18.2 Å². The van der Waals surface area contributed by atoms with Crippen molar-refractivity contribution in [1.29, 1.82) is 0 Å². The molecule has 0 amide bonds. The highest BCUT2D eigenvalue weighted by Crippen LogP contribution is 2.21. The van der Waals surface area contributed by atoms with Gasteiger partial charge in [-0.15, -0.1) is 16.2 Å². The maximum Gasteiger partial charge on any atom is 0.262 e. The normalized spacial score (nSPS) is 12.2. The minimum Gasteiger partial charge on any atom is -0.316 e. The van der Waals surface area contributed by atoms with E-state index in [4.69, 9.17) is 0 Å². The third kappa shape index (κ3) is 5.03. The third-order valence-electron chi connectivity index (χ3n) is 2.18. The molecule has 0 bridgehead atoms. The molecule has 0 saturated heterocycles. The zero-order valence-corrected chi connectivity index (χ0v) is 12.7. The van der Waals surface area contributed by atoms with Gasteiger partial charge in [-0.3, -0.25) is 0 Å². The molecule has 0 radical (unpaired) electrons. The highest BCUT2D eigenvalue weighted by Gasteiger charge is 2.17. The minimum atomic E-state index is -3.40. The van der Waals surface area contributed by atoms with E-state index >= 15 is 0 Å². The molecule has 0 aliphatic rings. The molecule has 104 valence electrons. The molecular formula is C11H21N3O2S2. The van der Waals surface area contributed by atoms with E-state index in [1.54, 1.807) is 20.2 Å². The van der Waals surface area contributed by atoms with Crippen molar-refractivity contribution in [2.75, 3.05) is 27.2 Å². The van der Waals surface area contributed by atoms with E-state index in [0.29, 0.717) is 4.21 Å². The molecule has 0 aliphatic carbocycles. The van der Waals surface area contributed by atoms with Crippen molar-refractivity contribution in [2.24, 2.45) is 0 Å². The van der Waals surface area contributed by atoms with Crippen molar-refractivity contribution in [3.8, 4) is 0 Å². The molecule has 1 aromatic heterocycles. The third-order valence-corrected chi connectivity index (χ3v) is 5.30. The second kappa shape index (κ2) is 7.20. The van der Waals surface area contributed by atoms with Crippen LogP contribution in [0.4, 0.5) is 0 Å². The van der Waals surface area contributed by atoms with Crippen LogP contribution in [-0.2, 0) is 16.4 Å². The molecule has 1 aromatic rings. The van der Waals surface area contributed by atoms with Crippen LogP contribution in [0, 0.1) is 0 Å². The Morgan fingerprint density at radius 1 is 1.28 bits per heavy atom. The van der Waals surface area contributed by atoms with Crippen molar-refractivity contribution in [3.63, 3.8) is 0 Å². The highest BCUT2D eigenvalue weighted by atomic mass is 32.2. The standard InChI is InChI=1S/C11H21N3O2S2/c1-4-8-12-9-7-10-5-6-11(17-10)18(15,16)13-14(2)3/h5-6,12-13H,4,7-9H2,1-3H3. The van der Waals surface area contributed by atoms with Gasteiger partial charge >= 0.3 is 0 Å². The van der Waals surface area contributed by atoms with Crippen molar-refractivity contribution >= 4 is 21.4 Å². The quantitative estimate of drug-likeness (QED) is 0.555. The number of nitrogens with one attached hydrogen (secondary N) is 2. The van der Waals surface area contributed by atoms with E-state index in [0.717, 1.165) is 30.8 Å². The monoisotopic (exact) mass is 291 g/mol. The summed E-state index contributed by atoms with van der Waals surface area (Å²) in [6.45, 7) is 4.00. The lowest BCUT2D eigenvalue weighted by Crippen LogP contribution is -2.35. The molecule has 1 heterocycles. The molecule has 2 N–H and O–H groups in total. The first-order valence-electron chi connectivity index (χ1n) is 5.95. The van der Waals surface area contributed by atoms with Crippen LogP contribution >= 0.6 is 11.3 Å². The Bertz CT molecular complexity index is 455. The molecule has 0 aliphatic heterocycles. The van der Waals surface area contributed by atoms with E-state index in [-0.39, 0.29) is 0 Å². The number of rotatable bonds is 8. The number of sulfonamides is 1. The lowest BCUT2D eigenvalue weighted by atomic mass is 10.3. The zero-order chi connectivity index (χ0) is 13.6. The molecule has 0 unspecified atom stereocenters. The fraction of sp³-hybridized carbons (Fsp3) is 0.636. The van der Waals surface area contributed by atoms with E-state index in [2.05, 4.69) is 17.1 Å². The summed E-state index contributed by atoms with van der Waals surface area (Å²) in [4.78, 5) is 3.51. The Hall–Kier alpha value is -0.470. The molecule has 7 heteroatoms. The van der Waals surface area contributed by atoms with Crippen molar-refractivity contribution in [1.82, 2.24) is 15.2 Å². The first-order valence-corrected chi connectivity index (χ1v) is 8.25. The van der Waals surface area contributed by atoms with E-state index in [1.165, 1.54) is 16.3 Å². The first kappa shape index (κ1) is 15.6. The van der Waals surface area contributed by atoms with Gasteiger partial charge < -0.3 is 5.32 Å². The van der Waals surface area contributed by atoms with Gasteiger partial charge in [0.2, 0.25) is 0 Å².